The third-order valence-corrected chi connectivity index (χ3v) is 12.7. The van der Waals surface area contributed by atoms with Gasteiger partial charge in [-0.05, 0) is 75.1 Å². The van der Waals surface area contributed by atoms with Gasteiger partial charge >= 0.3 is 0 Å². The molecule has 0 aliphatic rings. The number of nitrogens with zero attached hydrogens (tertiary/aromatic N) is 2. The van der Waals surface area contributed by atoms with Crippen molar-refractivity contribution in [3.8, 4) is 0 Å². The summed E-state index contributed by atoms with van der Waals surface area (Å²) in [6, 6.07) is 14.4. The van der Waals surface area contributed by atoms with Gasteiger partial charge in [-0.15, -0.1) is 0 Å². The van der Waals surface area contributed by atoms with Crippen molar-refractivity contribution >= 4 is 37.8 Å². The molecule has 0 fully saturated rings. The fourth-order valence-corrected chi connectivity index (χ4v) is 11.1. The number of rotatable bonds is 10. The zero-order valence-electron chi connectivity index (χ0n) is 23.3. The highest BCUT2D eigenvalue weighted by molar-refractivity contribution is 7.67. The maximum atomic E-state index is 2.49. The van der Waals surface area contributed by atoms with Crippen LogP contribution in [0.1, 0.15) is 66.5 Å². The van der Waals surface area contributed by atoms with Crippen LogP contribution in [0.25, 0.3) is 0 Å². The molecule has 4 heteroatoms. The summed E-state index contributed by atoms with van der Waals surface area (Å²) in [4.78, 5) is 4.49. The molecule has 0 aromatic heterocycles. The molecule has 0 aliphatic heterocycles. The van der Waals surface area contributed by atoms with E-state index in [4.69, 9.17) is 0 Å². The van der Waals surface area contributed by atoms with Gasteiger partial charge in [0.15, 0.2) is 0 Å². The molecule has 0 saturated heterocycles. The molecule has 0 spiro atoms. The Bertz CT molecular complexity index is 811. The van der Waals surface area contributed by atoms with Crippen LogP contribution in [0.3, 0.4) is 0 Å². The first-order valence-corrected chi connectivity index (χ1v) is 15.5. The van der Waals surface area contributed by atoms with Gasteiger partial charge in [0.25, 0.3) is 0 Å². The second kappa shape index (κ2) is 12.0. The Morgan fingerprint density at radius 1 is 0.545 bits per heavy atom. The molecule has 0 unspecified atom stereocenters. The van der Waals surface area contributed by atoms with Crippen LogP contribution in [0.2, 0.25) is 0 Å². The molecule has 0 bridgehead atoms. The Labute approximate surface area is 207 Å². The van der Waals surface area contributed by atoms with Crippen LogP contribution in [-0.4, -0.2) is 50.8 Å². The molecular weight excluding hydrogens is 438 g/mol. The van der Waals surface area contributed by atoms with E-state index in [-0.39, 0.29) is 15.8 Å². The molecular formula is C29H48N2P2. The van der Waals surface area contributed by atoms with Crippen molar-refractivity contribution in [3.05, 3.63) is 47.5 Å². The van der Waals surface area contributed by atoms with E-state index in [0.29, 0.717) is 22.6 Å². The van der Waals surface area contributed by atoms with Crippen molar-refractivity contribution in [2.75, 3.05) is 38.0 Å². The maximum Gasteiger partial charge on any atom is 0.0367 e. The molecule has 0 aliphatic carbocycles. The van der Waals surface area contributed by atoms with Crippen LogP contribution in [0.4, 0.5) is 11.4 Å². The van der Waals surface area contributed by atoms with Crippen molar-refractivity contribution in [1.82, 2.24) is 0 Å². The summed E-state index contributed by atoms with van der Waals surface area (Å²) < 4.78 is 0. The summed E-state index contributed by atoms with van der Waals surface area (Å²) in [7, 11) is 8.17. The molecule has 2 rings (SSSR count). The zero-order valence-corrected chi connectivity index (χ0v) is 25.1. The van der Waals surface area contributed by atoms with Crippen LogP contribution in [0.15, 0.2) is 36.4 Å². The first-order valence-electron chi connectivity index (χ1n) is 12.5. The van der Waals surface area contributed by atoms with E-state index >= 15 is 0 Å². The lowest BCUT2D eigenvalue weighted by Gasteiger charge is -2.32. The molecule has 0 heterocycles. The van der Waals surface area contributed by atoms with Crippen LogP contribution in [-0.2, 0) is 6.42 Å². The topological polar surface area (TPSA) is 6.48 Å². The minimum Gasteiger partial charge on any atom is -0.378 e. The van der Waals surface area contributed by atoms with Gasteiger partial charge in [-0.25, -0.2) is 0 Å². The van der Waals surface area contributed by atoms with Gasteiger partial charge in [0.05, 0.1) is 0 Å². The Balaban J connectivity index is 2.69. The third-order valence-electron chi connectivity index (χ3n) is 6.33. The van der Waals surface area contributed by atoms with E-state index in [0.717, 1.165) is 6.42 Å². The largest absolute Gasteiger partial charge is 0.378 e. The van der Waals surface area contributed by atoms with Gasteiger partial charge in [0, 0.05) is 39.6 Å². The van der Waals surface area contributed by atoms with Crippen molar-refractivity contribution in [2.45, 2.75) is 84.4 Å². The van der Waals surface area contributed by atoms with Gasteiger partial charge in [-0.3, -0.25) is 0 Å². The molecule has 0 radical (unpaired) electrons. The summed E-state index contributed by atoms with van der Waals surface area (Å²) in [6.45, 7) is 19.3. The lowest BCUT2D eigenvalue weighted by atomic mass is 10.0. The average molecular weight is 487 g/mol. The normalized spacial score (nSPS) is 12.2. The molecule has 184 valence electrons. The molecule has 2 nitrogen and oxygen atoms in total. The van der Waals surface area contributed by atoms with E-state index in [2.05, 4.69) is 130 Å². The maximum absolute atomic E-state index is 2.49. The van der Waals surface area contributed by atoms with Crippen molar-refractivity contribution in [1.29, 1.82) is 0 Å². The predicted molar refractivity (Wildman–Crippen MR) is 158 cm³/mol. The Kier molecular flexibility index (Phi) is 10.3. The number of hydrogen-bond acceptors (Lipinski definition) is 2. The summed E-state index contributed by atoms with van der Waals surface area (Å²) in [5.74, 6) is 0. The first kappa shape index (κ1) is 28.1. The van der Waals surface area contributed by atoms with Gasteiger partial charge in [0.2, 0.25) is 0 Å². The van der Waals surface area contributed by atoms with E-state index in [1.165, 1.54) is 22.5 Å². The average Bonchev–Trinajstić information content (AvgIpc) is 2.68. The molecule has 0 N–H and O–H groups in total. The van der Waals surface area contributed by atoms with E-state index in [9.17, 15) is 0 Å². The van der Waals surface area contributed by atoms with Crippen LogP contribution in [0, 0.1) is 0 Å². The minimum atomic E-state index is -0.228. The highest BCUT2D eigenvalue weighted by atomic mass is 31.1. The number of anilines is 2. The fraction of sp³-hybridized carbons (Fsp3) is 0.586. The van der Waals surface area contributed by atoms with Gasteiger partial charge < -0.3 is 9.80 Å². The monoisotopic (exact) mass is 486 g/mol. The van der Waals surface area contributed by atoms with E-state index in [1.54, 1.807) is 10.6 Å². The third kappa shape index (κ3) is 6.96. The molecule has 0 atom stereocenters. The summed E-state index contributed by atoms with van der Waals surface area (Å²) in [5.41, 5.74) is 8.39. The van der Waals surface area contributed by atoms with Crippen molar-refractivity contribution in [2.24, 2.45) is 0 Å². The van der Waals surface area contributed by atoms with Crippen molar-refractivity contribution in [3.63, 3.8) is 0 Å². The lowest BCUT2D eigenvalue weighted by molar-refractivity contribution is 1.01. The zero-order chi connectivity index (χ0) is 25.0. The summed E-state index contributed by atoms with van der Waals surface area (Å²) in [6.07, 6.45) is 1.03. The Morgan fingerprint density at radius 3 is 1.09 bits per heavy atom. The smallest absolute Gasteiger partial charge is 0.0367 e. The highest BCUT2D eigenvalue weighted by Gasteiger charge is 2.26. The van der Waals surface area contributed by atoms with E-state index < -0.39 is 0 Å². The van der Waals surface area contributed by atoms with Gasteiger partial charge in [0.1, 0.15) is 0 Å². The second-order valence-corrected chi connectivity index (χ2v) is 17.5. The SMILES string of the molecule is CC(C)P(c1cc(N(C)C)ccc1Cc1ccc(N(C)C)cc1P(C(C)C)C(C)C)C(C)C. The van der Waals surface area contributed by atoms with Crippen molar-refractivity contribution < 1.29 is 0 Å². The van der Waals surface area contributed by atoms with Crippen LogP contribution in [0.5, 0.6) is 0 Å². The Morgan fingerprint density at radius 2 is 0.848 bits per heavy atom. The molecule has 2 aromatic carbocycles. The molecule has 0 amide bonds. The highest BCUT2D eigenvalue weighted by Crippen LogP contribution is 2.48. The quantitative estimate of drug-likeness (QED) is 0.326. The van der Waals surface area contributed by atoms with Gasteiger partial charge in [-0.2, -0.15) is 0 Å². The second-order valence-electron chi connectivity index (χ2n) is 10.8. The minimum absolute atomic E-state index is 0.228. The number of benzene rings is 2. The standard InChI is InChI=1S/C29H48N2P2/c1-20(2)32(21(3)4)28-18-26(30(9)10)15-13-24(28)17-25-14-16-27(31(11)12)19-29(25)33(22(5)6)23(7)8/h13-16,18-23H,17H2,1-12H3. The molecule has 33 heavy (non-hydrogen) atoms. The fourth-order valence-electron chi connectivity index (χ4n) is 4.95. The summed E-state index contributed by atoms with van der Waals surface area (Å²) in [5, 5.41) is 3.20. The van der Waals surface area contributed by atoms with E-state index in [1.807, 2.05) is 0 Å². The van der Waals surface area contributed by atoms with Gasteiger partial charge in [-0.1, -0.05) is 83.4 Å². The van der Waals surface area contributed by atoms with Crippen LogP contribution < -0.4 is 20.4 Å². The molecule has 0 saturated carbocycles. The Hall–Kier alpha value is -1.10. The summed E-state index contributed by atoms with van der Waals surface area (Å²) >= 11 is 0. The lowest BCUT2D eigenvalue weighted by Crippen LogP contribution is -2.24. The molecule has 2 aromatic rings. The predicted octanol–water partition coefficient (Wildman–Crippen LogP) is 7.26. The number of hydrogen-bond donors (Lipinski definition) is 0. The van der Waals surface area contributed by atoms with Crippen LogP contribution >= 0.6 is 15.8 Å². The first-order chi connectivity index (χ1) is 15.3.